The zero-order chi connectivity index (χ0) is 13.9. The van der Waals surface area contributed by atoms with Gasteiger partial charge in [0, 0.05) is 11.6 Å². The van der Waals surface area contributed by atoms with Crippen molar-refractivity contribution in [2.75, 3.05) is 5.32 Å². The summed E-state index contributed by atoms with van der Waals surface area (Å²) in [6.45, 7) is 3.01. The van der Waals surface area contributed by atoms with Gasteiger partial charge in [-0.1, -0.05) is 25.4 Å². The molecule has 0 radical (unpaired) electrons. The average Bonchev–Trinajstić information content (AvgIpc) is 2.31. The molecule has 0 spiro atoms. The quantitative estimate of drug-likeness (QED) is 0.734. The Morgan fingerprint density at radius 1 is 1.28 bits per heavy atom. The van der Waals surface area contributed by atoms with Crippen molar-refractivity contribution in [3.05, 3.63) is 23.2 Å². The van der Waals surface area contributed by atoms with Crippen LogP contribution in [0.5, 0.6) is 5.75 Å². The maximum atomic E-state index is 11.8. The number of hydrogen-bond acceptors (Lipinski definition) is 3. The molecule has 0 saturated heterocycles. The lowest BCUT2D eigenvalue weighted by Crippen LogP contribution is -2.29. The fourth-order valence-electron chi connectivity index (χ4n) is 1.28. The molecule has 0 aliphatic heterocycles. The van der Waals surface area contributed by atoms with Crippen molar-refractivity contribution in [3.63, 3.8) is 0 Å². The van der Waals surface area contributed by atoms with E-state index in [0.717, 1.165) is 0 Å². The first-order valence-corrected chi connectivity index (χ1v) is 5.73. The van der Waals surface area contributed by atoms with E-state index in [0.29, 0.717) is 5.69 Å². The summed E-state index contributed by atoms with van der Waals surface area (Å²) >= 11 is 5.69. The molecular formula is C12H14ClNO4. The van der Waals surface area contributed by atoms with E-state index >= 15 is 0 Å². The number of phenols is 1. The van der Waals surface area contributed by atoms with Gasteiger partial charge in [0.15, 0.2) is 0 Å². The van der Waals surface area contributed by atoms with E-state index in [4.69, 9.17) is 16.7 Å². The first-order chi connectivity index (χ1) is 8.32. The van der Waals surface area contributed by atoms with Crippen LogP contribution in [0.4, 0.5) is 5.69 Å². The number of carbonyl (C=O) groups excluding carboxylic acids is 1. The third-order valence-corrected chi connectivity index (χ3v) is 3.07. The number of benzene rings is 1. The highest BCUT2D eigenvalue weighted by Gasteiger charge is 2.25. The minimum Gasteiger partial charge on any atom is -0.506 e. The molecule has 18 heavy (non-hydrogen) atoms. The molecule has 2 unspecified atom stereocenters. The van der Waals surface area contributed by atoms with Crippen LogP contribution in [0.2, 0.25) is 5.02 Å². The maximum absolute atomic E-state index is 11.8. The second kappa shape index (κ2) is 5.73. The highest BCUT2D eigenvalue weighted by atomic mass is 35.5. The summed E-state index contributed by atoms with van der Waals surface area (Å²) in [5.74, 6) is -2.97. The minimum absolute atomic E-state index is 0.0818. The molecule has 0 heterocycles. The minimum atomic E-state index is -1.03. The number of nitrogens with one attached hydrogen (secondary N) is 1. The molecule has 0 aromatic heterocycles. The molecule has 1 amide bonds. The molecule has 0 fully saturated rings. The van der Waals surface area contributed by atoms with Gasteiger partial charge in [-0.05, 0) is 18.2 Å². The summed E-state index contributed by atoms with van der Waals surface area (Å²) in [6, 6.07) is 4.23. The molecule has 0 saturated carbocycles. The average molecular weight is 272 g/mol. The number of halogens is 1. The third kappa shape index (κ3) is 3.37. The fourth-order valence-corrected chi connectivity index (χ4v) is 1.46. The van der Waals surface area contributed by atoms with Crippen molar-refractivity contribution < 1.29 is 19.8 Å². The summed E-state index contributed by atoms with van der Waals surface area (Å²) in [6.07, 6.45) is 0. The summed E-state index contributed by atoms with van der Waals surface area (Å²) in [5.41, 5.74) is 0.409. The number of rotatable bonds is 4. The van der Waals surface area contributed by atoms with Crippen LogP contribution in [0, 0.1) is 11.8 Å². The number of amides is 1. The van der Waals surface area contributed by atoms with E-state index in [9.17, 15) is 14.7 Å². The molecule has 1 aromatic carbocycles. The topological polar surface area (TPSA) is 86.6 Å². The normalized spacial score (nSPS) is 13.7. The molecule has 0 aliphatic rings. The highest BCUT2D eigenvalue weighted by Crippen LogP contribution is 2.26. The van der Waals surface area contributed by atoms with Gasteiger partial charge in [-0.3, -0.25) is 9.59 Å². The predicted octanol–water partition coefficient (Wildman–Crippen LogP) is 2.34. The number of aliphatic carboxylic acids is 1. The molecular weight excluding hydrogens is 258 g/mol. The monoisotopic (exact) mass is 271 g/mol. The van der Waals surface area contributed by atoms with Crippen LogP contribution in [-0.4, -0.2) is 22.1 Å². The van der Waals surface area contributed by atoms with Crippen molar-refractivity contribution in [1.82, 2.24) is 0 Å². The van der Waals surface area contributed by atoms with Crippen LogP contribution < -0.4 is 5.32 Å². The van der Waals surface area contributed by atoms with E-state index in [1.54, 1.807) is 0 Å². The summed E-state index contributed by atoms with van der Waals surface area (Å²) < 4.78 is 0. The molecule has 0 bridgehead atoms. The molecule has 1 aromatic rings. The van der Waals surface area contributed by atoms with E-state index in [1.807, 2.05) is 0 Å². The van der Waals surface area contributed by atoms with Crippen LogP contribution in [0.25, 0.3) is 0 Å². The van der Waals surface area contributed by atoms with Crippen molar-refractivity contribution >= 4 is 29.2 Å². The number of carboxylic acid groups (broad SMARTS) is 1. The van der Waals surface area contributed by atoms with E-state index in [2.05, 4.69) is 5.32 Å². The lowest BCUT2D eigenvalue weighted by molar-refractivity contribution is -0.145. The Balaban J connectivity index is 2.75. The Labute approximate surface area is 109 Å². The van der Waals surface area contributed by atoms with Gasteiger partial charge in [-0.2, -0.15) is 0 Å². The second-order valence-corrected chi connectivity index (χ2v) is 4.48. The third-order valence-electron chi connectivity index (χ3n) is 2.77. The summed E-state index contributed by atoms with van der Waals surface area (Å²) in [5, 5.41) is 20.7. The first-order valence-electron chi connectivity index (χ1n) is 5.35. The molecule has 5 nitrogen and oxygen atoms in total. The van der Waals surface area contributed by atoms with Gasteiger partial charge in [0.25, 0.3) is 0 Å². The van der Waals surface area contributed by atoms with Crippen LogP contribution in [0.3, 0.4) is 0 Å². The smallest absolute Gasteiger partial charge is 0.307 e. The van der Waals surface area contributed by atoms with Gasteiger partial charge < -0.3 is 15.5 Å². The van der Waals surface area contributed by atoms with Crippen LogP contribution in [0.1, 0.15) is 13.8 Å². The largest absolute Gasteiger partial charge is 0.506 e. The predicted molar refractivity (Wildman–Crippen MR) is 67.7 cm³/mol. The second-order valence-electron chi connectivity index (χ2n) is 4.07. The van der Waals surface area contributed by atoms with Crippen molar-refractivity contribution in [2.24, 2.45) is 11.8 Å². The molecule has 98 valence electrons. The molecule has 6 heteroatoms. The Bertz CT molecular complexity index is 475. The number of anilines is 1. The van der Waals surface area contributed by atoms with Crippen LogP contribution in [-0.2, 0) is 9.59 Å². The van der Waals surface area contributed by atoms with Gasteiger partial charge in [-0.25, -0.2) is 0 Å². The van der Waals surface area contributed by atoms with E-state index in [1.165, 1.54) is 32.0 Å². The number of carbonyl (C=O) groups is 2. The van der Waals surface area contributed by atoms with E-state index < -0.39 is 23.7 Å². The fraction of sp³-hybridized carbons (Fsp3) is 0.333. The van der Waals surface area contributed by atoms with Gasteiger partial charge in [0.2, 0.25) is 5.91 Å². The SMILES string of the molecule is CC(C(=O)O)C(C)C(=O)Nc1ccc(O)c(Cl)c1. The molecule has 0 aliphatic carbocycles. The zero-order valence-corrected chi connectivity index (χ0v) is 10.7. The molecule has 3 N–H and O–H groups in total. The highest BCUT2D eigenvalue weighted by molar-refractivity contribution is 6.32. The zero-order valence-electron chi connectivity index (χ0n) is 9.98. The molecule has 2 atom stereocenters. The number of aromatic hydroxyl groups is 1. The van der Waals surface area contributed by atoms with E-state index in [-0.39, 0.29) is 10.8 Å². The van der Waals surface area contributed by atoms with Gasteiger partial charge in [0.05, 0.1) is 10.9 Å². The first kappa shape index (κ1) is 14.3. The lowest BCUT2D eigenvalue weighted by atomic mass is 9.95. The number of phenolic OH excluding ortho intramolecular Hbond substituents is 1. The van der Waals surface area contributed by atoms with Crippen LogP contribution >= 0.6 is 11.6 Å². The summed E-state index contributed by atoms with van der Waals surface area (Å²) in [4.78, 5) is 22.5. The molecule has 1 rings (SSSR count). The van der Waals surface area contributed by atoms with Crippen molar-refractivity contribution in [3.8, 4) is 5.75 Å². The number of hydrogen-bond donors (Lipinski definition) is 3. The van der Waals surface area contributed by atoms with Crippen molar-refractivity contribution in [2.45, 2.75) is 13.8 Å². The van der Waals surface area contributed by atoms with Gasteiger partial charge in [-0.15, -0.1) is 0 Å². The summed E-state index contributed by atoms with van der Waals surface area (Å²) in [7, 11) is 0. The number of carboxylic acids is 1. The van der Waals surface area contributed by atoms with Gasteiger partial charge >= 0.3 is 5.97 Å². The van der Waals surface area contributed by atoms with Crippen LogP contribution in [0.15, 0.2) is 18.2 Å². The Kier molecular flexibility index (Phi) is 4.55. The maximum Gasteiger partial charge on any atom is 0.307 e. The Hall–Kier alpha value is -1.75. The Morgan fingerprint density at radius 2 is 1.89 bits per heavy atom. The Morgan fingerprint density at radius 3 is 2.39 bits per heavy atom. The van der Waals surface area contributed by atoms with Gasteiger partial charge in [0.1, 0.15) is 5.75 Å². The lowest BCUT2D eigenvalue weighted by Gasteiger charge is -2.15. The standard InChI is InChI=1S/C12H14ClNO4/c1-6(7(2)12(17)18)11(16)14-8-3-4-10(15)9(13)5-8/h3-7,15H,1-2H3,(H,14,16)(H,17,18). The van der Waals surface area contributed by atoms with Crippen molar-refractivity contribution in [1.29, 1.82) is 0 Å².